The highest BCUT2D eigenvalue weighted by atomic mass is 32.2. The van der Waals surface area contributed by atoms with Crippen LogP contribution in [0, 0.1) is 0 Å². The number of benzene rings is 3. The first-order chi connectivity index (χ1) is 16.0. The number of nitrogens with zero attached hydrogens (tertiary/aromatic N) is 1. The number of amides is 1. The third-order valence-corrected chi connectivity index (χ3v) is 6.54. The van der Waals surface area contributed by atoms with E-state index in [2.05, 4.69) is 5.32 Å². The number of aliphatic hydroxyl groups is 1. The molecule has 0 saturated carbocycles. The lowest BCUT2D eigenvalue weighted by Gasteiger charge is -2.27. The van der Waals surface area contributed by atoms with E-state index in [4.69, 9.17) is 9.47 Å². The molecule has 1 aliphatic heterocycles. The van der Waals surface area contributed by atoms with Crippen LogP contribution in [0.1, 0.15) is 16.7 Å². The Balaban J connectivity index is 1.53. The molecule has 0 bridgehead atoms. The Morgan fingerprint density at radius 2 is 1.70 bits per heavy atom. The first-order valence-corrected chi connectivity index (χ1v) is 11.3. The Kier molecular flexibility index (Phi) is 6.79. The number of anilines is 1. The maximum Gasteiger partial charge on any atom is 0.276 e. The number of likely N-dealkylation sites (N-methyl/N-ethyl adjacent to an activating group) is 1. The number of fused-ring (bicyclic) bond motifs is 1. The molecule has 1 amide bonds. The zero-order valence-electron chi connectivity index (χ0n) is 18.8. The summed E-state index contributed by atoms with van der Waals surface area (Å²) in [7, 11) is 5.01. The van der Waals surface area contributed by atoms with Gasteiger partial charge in [-0.2, -0.15) is 0 Å². The highest BCUT2D eigenvalue weighted by Gasteiger charge is 2.28. The van der Waals surface area contributed by atoms with E-state index in [0.29, 0.717) is 17.1 Å². The second kappa shape index (κ2) is 9.92. The summed E-state index contributed by atoms with van der Waals surface area (Å²) in [6.07, 6.45) is 1.49. The van der Waals surface area contributed by atoms with Crippen LogP contribution in [0.15, 0.2) is 77.3 Å². The van der Waals surface area contributed by atoms with Gasteiger partial charge in [0.25, 0.3) is 5.91 Å². The quantitative estimate of drug-likeness (QED) is 0.464. The molecular formula is C26H26N2O4S. The van der Waals surface area contributed by atoms with Gasteiger partial charge in [-0.05, 0) is 66.2 Å². The monoisotopic (exact) mass is 462 g/mol. The van der Waals surface area contributed by atoms with E-state index in [1.165, 1.54) is 11.9 Å². The smallest absolute Gasteiger partial charge is 0.276 e. The number of hydrogen-bond acceptors (Lipinski definition) is 6. The molecule has 170 valence electrons. The van der Waals surface area contributed by atoms with Gasteiger partial charge in [0.2, 0.25) is 0 Å². The number of carbonyl (C=O) groups excluding carboxylic acids is 1. The lowest BCUT2D eigenvalue weighted by Crippen LogP contribution is -2.27. The Morgan fingerprint density at radius 3 is 2.48 bits per heavy atom. The van der Waals surface area contributed by atoms with E-state index in [-0.39, 0.29) is 17.4 Å². The number of rotatable bonds is 7. The van der Waals surface area contributed by atoms with Crippen molar-refractivity contribution in [3.05, 3.63) is 89.1 Å². The van der Waals surface area contributed by atoms with E-state index >= 15 is 0 Å². The molecule has 0 saturated heterocycles. The van der Waals surface area contributed by atoms with E-state index in [0.717, 1.165) is 34.6 Å². The highest BCUT2D eigenvalue weighted by Crippen LogP contribution is 2.39. The second-order valence-electron chi connectivity index (χ2n) is 7.58. The molecule has 2 N–H and O–H groups in total. The zero-order valence-corrected chi connectivity index (χ0v) is 19.6. The molecule has 0 atom stereocenters. The molecule has 3 aromatic rings. The maximum atomic E-state index is 13.2. The van der Waals surface area contributed by atoms with Crippen LogP contribution in [0.2, 0.25) is 0 Å². The predicted molar refractivity (Wildman–Crippen MR) is 132 cm³/mol. The van der Waals surface area contributed by atoms with Crippen molar-refractivity contribution < 1.29 is 19.4 Å². The van der Waals surface area contributed by atoms with Crippen molar-refractivity contribution in [2.45, 2.75) is 17.7 Å². The summed E-state index contributed by atoms with van der Waals surface area (Å²) < 4.78 is 12.4. The van der Waals surface area contributed by atoms with Crippen LogP contribution >= 0.6 is 11.9 Å². The van der Waals surface area contributed by atoms with Crippen molar-refractivity contribution >= 4 is 29.3 Å². The average molecular weight is 463 g/mol. The van der Waals surface area contributed by atoms with Crippen molar-refractivity contribution in [2.24, 2.45) is 0 Å². The highest BCUT2D eigenvalue weighted by molar-refractivity contribution is 7.97. The predicted octanol–water partition coefficient (Wildman–Crippen LogP) is 5.31. The number of hydrogen-bond donors (Lipinski definition) is 2. The number of carbonyl (C=O) groups is 1. The number of para-hydroxylation sites is 1. The van der Waals surface area contributed by atoms with Crippen LogP contribution in [0.3, 0.4) is 0 Å². The van der Waals surface area contributed by atoms with Crippen molar-refractivity contribution in [2.75, 3.05) is 26.6 Å². The first-order valence-electron chi connectivity index (χ1n) is 10.6. The van der Waals surface area contributed by atoms with Crippen LogP contribution in [0.25, 0.3) is 5.76 Å². The first kappa shape index (κ1) is 22.6. The molecule has 0 unspecified atom stereocenters. The van der Waals surface area contributed by atoms with Gasteiger partial charge in [-0.3, -0.25) is 4.79 Å². The Hall–Kier alpha value is -3.58. The second-order valence-corrected chi connectivity index (χ2v) is 8.75. The third kappa shape index (κ3) is 4.78. The molecular weight excluding hydrogens is 436 g/mol. The van der Waals surface area contributed by atoms with E-state index in [9.17, 15) is 9.90 Å². The molecule has 33 heavy (non-hydrogen) atoms. The minimum Gasteiger partial charge on any atom is -0.505 e. The molecule has 0 spiro atoms. The number of nitrogens with one attached hydrogen (secondary N) is 1. The standard InChI is InChI=1S/C26H26N2O4S/c1-28-24(25(29)19-9-5-7-11-23(19)33-28)26(30)27-20-10-6-4-8-18(20)14-12-17-13-15-21(31-2)22(16-17)32-3/h4-11,13,15-16,29H,12,14H2,1-3H3,(H,27,30). The van der Waals surface area contributed by atoms with E-state index in [1.807, 2.05) is 66.7 Å². The topological polar surface area (TPSA) is 71.0 Å². The van der Waals surface area contributed by atoms with Crippen LogP contribution in [0.5, 0.6) is 11.5 Å². The maximum absolute atomic E-state index is 13.2. The van der Waals surface area contributed by atoms with Gasteiger partial charge in [0, 0.05) is 23.2 Å². The molecule has 1 aliphatic rings. The Morgan fingerprint density at radius 1 is 0.970 bits per heavy atom. The van der Waals surface area contributed by atoms with Gasteiger partial charge in [0.1, 0.15) is 0 Å². The van der Waals surface area contributed by atoms with Crippen molar-refractivity contribution in [1.29, 1.82) is 0 Å². The largest absolute Gasteiger partial charge is 0.505 e. The summed E-state index contributed by atoms with van der Waals surface area (Å²) >= 11 is 1.41. The fourth-order valence-electron chi connectivity index (χ4n) is 3.82. The summed E-state index contributed by atoms with van der Waals surface area (Å²) in [5.74, 6) is 1.01. The van der Waals surface area contributed by atoms with Gasteiger partial charge in [0.05, 0.1) is 14.2 Å². The third-order valence-electron chi connectivity index (χ3n) is 5.53. The number of ether oxygens (including phenoxy) is 2. The van der Waals surface area contributed by atoms with Gasteiger partial charge < -0.3 is 24.2 Å². The summed E-state index contributed by atoms with van der Waals surface area (Å²) in [6, 6.07) is 21.1. The van der Waals surface area contributed by atoms with E-state index < -0.39 is 0 Å². The summed E-state index contributed by atoms with van der Waals surface area (Å²) in [5.41, 5.74) is 3.72. The molecule has 0 aromatic heterocycles. The van der Waals surface area contributed by atoms with Crippen LogP contribution in [0.4, 0.5) is 5.69 Å². The molecule has 0 aliphatic carbocycles. The minimum atomic E-state index is -0.351. The summed E-state index contributed by atoms with van der Waals surface area (Å²) in [6.45, 7) is 0. The zero-order chi connectivity index (χ0) is 23.4. The Labute approximate surface area is 198 Å². The lowest BCUT2D eigenvalue weighted by molar-refractivity contribution is -0.113. The molecule has 6 nitrogen and oxygen atoms in total. The molecule has 7 heteroatoms. The van der Waals surface area contributed by atoms with Crippen molar-refractivity contribution in [1.82, 2.24) is 4.31 Å². The molecule has 4 rings (SSSR count). The number of aryl methyl sites for hydroxylation is 2. The van der Waals surface area contributed by atoms with Crippen molar-refractivity contribution in [3.8, 4) is 11.5 Å². The summed E-state index contributed by atoms with van der Waals surface area (Å²) in [5, 5.41) is 13.8. The minimum absolute atomic E-state index is 0.0211. The molecule has 0 fully saturated rings. The molecule has 3 aromatic carbocycles. The molecule has 0 radical (unpaired) electrons. The summed E-state index contributed by atoms with van der Waals surface area (Å²) in [4.78, 5) is 14.1. The fourth-order valence-corrected chi connectivity index (χ4v) is 4.78. The fraction of sp³-hybridized carbons (Fsp3) is 0.192. The van der Waals surface area contributed by atoms with Crippen LogP contribution < -0.4 is 14.8 Å². The normalized spacial score (nSPS) is 12.9. The Bertz CT molecular complexity index is 1210. The number of aliphatic hydroxyl groups excluding tert-OH is 1. The van der Waals surface area contributed by atoms with Gasteiger partial charge >= 0.3 is 0 Å². The lowest BCUT2D eigenvalue weighted by atomic mass is 10.0. The van der Waals surface area contributed by atoms with Gasteiger partial charge in [-0.1, -0.05) is 36.4 Å². The van der Waals surface area contributed by atoms with Gasteiger partial charge in [-0.25, -0.2) is 0 Å². The van der Waals surface area contributed by atoms with Gasteiger partial charge in [-0.15, -0.1) is 0 Å². The van der Waals surface area contributed by atoms with E-state index in [1.54, 1.807) is 25.6 Å². The van der Waals surface area contributed by atoms with Crippen molar-refractivity contribution in [3.63, 3.8) is 0 Å². The average Bonchev–Trinajstić information content (AvgIpc) is 2.83. The number of methoxy groups -OCH3 is 2. The van der Waals surface area contributed by atoms with Crippen LogP contribution in [-0.4, -0.2) is 36.6 Å². The molecule has 1 heterocycles. The SMILES string of the molecule is COc1ccc(CCc2ccccc2NC(=O)C2=C(O)c3ccccc3SN2C)cc1OC. The van der Waals surface area contributed by atoms with Crippen LogP contribution in [-0.2, 0) is 17.6 Å². The van der Waals surface area contributed by atoms with Gasteiger partial charge in [0.15, 0.2) is 23.0 Å².